The van der Waals surface area contributed by atoms with E-state index in [2.05, 4.69) is 207 Å². The van der Waals surface area contributed by atoms with Crippen LogP contribution in [0.3, 0.4) is 0 Å². The molecule has 0 aromatic heterocycles. The molecule has 260 valence electrons. The molecule has 1 aliphatic heterocycles. The van der Waals surface area contributed by atoms with Gasteiger partial charge in [0, 0.05) is 27.9 Å². The second-order valence-corrected chi connectivity index (χ2v) is 15.3. The predicted octanol–water partition coefficient (Wildman–Crippen LogP) is 14.9. The van der Waals surface area contributed by atoms with E-state index in [1.54, 1.807) is 0 Å². The van der Waals surface area contributed by atoms with E-state index in [0.717, 1.165) is 61.9 Å². The molecule has 2 heteroatoms. The summed E-state index contributed by atoms with van der Waals surface area (Å²) in [6.45, 7) is 4.69. The number of para-hydroxylation sites is 2. The van der Waals surface area contributed by atoms with E-state index in [1.165, 1.54) is 43.8 Å². The van der Waals surface area contributed by atoms with E-state index in [-0.39, 0.29) is 5.41 Å². The number of fused-ring (bicyclic) bond motifs is 10. The fourth-order valence-corrected chi connectivity index (χ4v) is 9.03. The van der Waals surface area contributed by atoms with Crippen molar-refractivity contribution in [3.8, 4) is 56.0 Å². The first-order chi connectivity index (χ1) is 27.0. The molecule has 0 fully saturated rings. The molecular weight excluding hydrogens is 667 g/mol. The number of rotatable bonds is 4. The van der Waals surface area contributed by atoms with Crippen molar-refractivity contribution in [3.63, 3.8) is 0 Å². The van der Waals surface area contributed by atoms with Crippen LogP contribution < -0.4 is 9.64 Å². The summed E-state index contributed by atoms with van der Waals surface area (Å²) in [4.78, 5) is 2.37. The highest BCUT2D eigenvalue weighted by Crippen LogP contribution is 2.55. The standard InChI is InChI=1S/C53H37NO/c1-53(2)48-21-11-10-19-42(48)43-28-26-41(33-49(43)53)54(40-17-4-3-5-18-40)50-22-12-20-45-47-31-37-16-9-8-15-36(37)30-46(47)44-27-25-39(32-51(44)55-52(45)50)38-24-23-34-13-6-7-14-35(34)29-38/h3-33H,1-2H3. The molecule has 9 aromatic rings. The van der Waals surface area contributed by atoms with Gasteiger partial charge in [0.25, 0.3) is 0 Å². The molecule has 0 atom stereocenters. The minimum Gasteiger partial charge on any atom is -0.454 e. The van der Waals surface area contributed by atoms with Crippen LogP contribution in [-0.4, -0.2) is 0 Å². The SMILES string of the molecule is CC1(C)c2ccccc2-c2ccc(N(c3ccccc3)c3cccc4c3Oc3cc(-c5ccc6ccccc6c5)ccc3-c3cc5ccccc5cc3-4)cc21. The lowest BCUT2D eigenvalue weighted by atomic mass is 9.82. The third-order valence-electron chi connectivity index (χ3n) is 11.8. The van der Waals surface area contributed by atoms with Crippen LogP contribution in [-0.2, 0) is 5.41 Å². The fourth-order valence-electron chi connectivity index (χ4n) is 9.03. The quantitative estimate of drug-likeness (QED) is 0.181. The highest BCUT2D eigenvalue weighted by Gasteiger charge is 2.36. The lowest BCUT2D eigenvalue weighted by Gasteiger charge is -2.30. The average Bonchev–Trinajstić information content (AvgIpc) is 3.37. The molecular formula is C53H37NO. The van der Waals surface area contributed by atoms with Gasteiger partial charge in [-0.1, -0.05) is 141 Å². The highest BCUT2D eigenvalue weighted by atomic mass is 16.5. The highest BCUT2D eigenvalue weighted by molar-refractivity contribution is 6.02. The number of anilines is 3. The van der Waals surface area contributed by atoms with Crippen molar-refractivity contribution in [1.82, 2.24) is 0 Å². The molecule has 1 heterocycles. The van der Waals surface area contributed by atoms with Crippen LogP contribution in [0.15, 0.2) is 188 Å². The van der Waals surface area contributed by atoms with E-state index in [4.69, 9.17) is 4.74 Å². The third kappa shape index (κ3) is 4.95. The van der Waals surface area contributed by atoms with E-state index >= 15 is 0 Å². The second-order valence-electron chi connectivity index (χ2n) is 15.3. The molecule has 1 aliphatic carbocycles. The van der Waals surface area contributed by atoms with Crippen molar-refractivity contribution >= 4 is 38.6 Å². The van der Waals surface area contributed by atoms with Crippen LogP contribution in [0, 0.1) is 0 Å². The second kappa shape index (κ2) is 12.1. The van der Waals surface area contributed by atoms with E-state index in [1.807, 2.05) is 0 Å². The van der Waals surface area contributed by atoms with Gasteiger partial charge in [-0.05, 0) is 127 Å². The molecule has 0 radical (unpaired) electrons. The Morgan fingerprint density at radius 3 is 1.78 bits per heavy atom. The van der Waals surface area contributed by atoms with Gasteiger partial charge < -0.3 is 9.64 Å². The number of hydrogen-bond acceptors (Lipinski definition) is 2. The number of hydrogen-bond donors (Lipinski definition) is 0. The zero-order valence-electron chi connectivity index (χ0n) is 30.8. The zero-order chi connectivity index (χ0) is 36.7. The van der Waals surface area contributed by atoms with Crippen molar-refractivity contribution in [2.24, 2.45) is 0 Å². The van der Waals surface area contributed by atoms with Crippen molar-refractivity contribution in [1.29, 1.82) is 0 Å². The Balaban J connectivity index is 1.15. The molecule has 11 rings (SSSR count). The molecule has 0 spiro atoms. The van der Waals surface area contributed by atoms with Crippen molar-refractivity contribution in [2.45, 2.75) is 19.3 Å². The molecule has 0 amide bonds. The first-order valence-corrected chi connectivity index (χ1v) is 19.1. The molecule has 0 saturated heterocycles. The first-order valence-electron chi connectivity index (χ1n) is 19.1. The molecule has 0 N–H and O–H groups in total. The first kappa shape index (κ1) is 31.6. The van der Waals surface area contributed by atoms with E-state index in [9.17, 15) is 0 Å². The van der Waals surface area contributed by atoms with Crippen molar-refractivity contribution < 1.29 is 4.74 Å². The number of nitrogens with zero attached hydrogens (tertiary/aromatic N) is 1. The van der Waals surface area contributed by atoms with E-state index < -0.39 is 0 Å². The molecule has 55 heavy (non-hydrogen) atoms. The van der Waals surface area contributed by atoms with Crippen LogP contribution >= 0.6 is 0 Å². The van der Waals surface area contributed by atoms with Crippen LogP contribution in [0.5, 0.6) is 11.5 Å². The van der Waals surface area contributed by atoms with Gasteiger partial charge in [0.15, 0.2) is 5.75 Å². The topological polar surface area (TPSA) is 12.5 Å². The zero-order valence-corrected chi connectivity index (χ0v) is 30.8. The van der Waals surface area contributed by atoms with E-state index in [0.29, 0.717) is 0 Å². The van der Waals surface area contributed by atoms with Gasteiger partial charge in [0.05, 0.1) is 5.69 Å². The van der Waals surface area contributed by atoms with Gasteiger partial charge in [-0.15, -0.1) is 0 Å². The minimum absolute atomic E-state index is 0.132. The number of benzene rings is 9. The van der Waals surface area contributed by atoms with Gasteiger partial charge in [-0.3, -0.25) is 0 Å². The van der Waals surface area contributed by atoms with Crippen molar-refractivity contribution in [3.05, 3.63) is 199 Å². The van der Waals surface area contributed by atoms with Gasteiger partial charge in [-0.2, -0.15) is 0 Å². The van der Waals surface area contributed by atoms with Crippen LogP contribution in [0.25, 0.3) is 66.1 Å². The van der Waals surface area contributed by atoms with Crippen LogP contribution in [0.1, 0.15) is 25.0 Å². The minimum atomic E-state index is -0.132. The summed E-state index contributed by atoms with van der Waals surface area (Å²) in [6, 6.07) is 68.4. The van der Waals surface area contributed by atoms with Crippen LogP contribution in [0.2, 0.25) is 0 Å². The summed E-state index contributed by atoms with van der Waals surface area (Å²) >= 11 is 0. The molecule has 0 saturated carbocycles. The summed E-state index contributed by atoms with van der Waals surface area (Å²) in [6.07, 6.45) is 0. The largest absolute Gasteiger partial charge is 0.454 e. The van der Waals surface area contributed by atoms with Gasteiger partial charge >= 0.3 is 0 Å². The summed E-state index contributed by atoms with van der Waals surface area (Å²) in [5.74, 6) is 1.67. The summed E-state index contributed by atoms with van der Waals surface area (Å²) in [7, 11) is 0. The smallest absolute Gasteiger partial charge is 0.159 e. The molecule has 2 aliphatic rings. The van der Waals surface area contributed by atoms with Gasteiger partial charge in [-0.25, -0.2) is 0 Å². The Labute approximate surface area is 321 Å². The Bertz CT molecular complexity index is 2990. The molecule has 0 bridgehead atoms. The monoisotopic (exact) mass is 703 g/mol. The molecule has 2 nitrogen and oxygen atoms in total. The maximum atomic E-state index is 7.36. The lowest BCUT2D eigenvalue weighted by Crippen LogP contribution is -2.16. The Morgan fingerprint density at radius 2 is 0.982 bits per heavy atom. The Kier molecular flexibility index (Phi) is 6.93. The maximum absolute atomic E-state index is 7.36. The summed E-state index contributed by atoms with van der Waals surface area (Å²) < 4.78 is 7.36. The summed E-state index contributed by atoms with van der Waals surface area (Å²) in [5, 5.41) is 4.86. The number of ether oxygens (including phenoxy) is 1. The molecule has 0 unspecified atom stereocenters. The third-order valence-corrected chi connectivity index (χ3v) is 11.8. The Hall–Kier alpha value is -6.90. The predicted molar refractivity (Wildman–Crippen MR) is 230 cm³/mol. The van der Waals surface area contributed by atoms with Crippen molar-refractivity contribution in [2.75, 3.05) is 4.90 Å². The summed E-state index contributed by atoms with van der Waals surface area (Å²) in [5.41, 5.74) is 15.1. The maximum Gasteiger partial charge on any atom is 0.159 e. The normalized spacial score (nSPS) is 13.2. The van der Waals surface area contributed by atoms with Gasteiger partial charge in [0.2, 0.25) is 0 Å². The average molecular weight is 704 g/mol. The van der Waals surface area contributed by atoms with Crippen LogP contribution in [0.4, 0.5) is 17.1 Å². The fraction of sp³-hybridized carbons (Fsp3) is 0.0566. The van der Waals surface area contributed by atoms with Gasteiger partial charge in [0.1, 0.15) is 5.75 Å². The Morgan fingerprint density at radius 1 is 0.382 bits per heavy atom. The molecule has 9 aromatic carbocycles. The lowest BCUT2D eigenvalue weighted by molar-refractivity contribution is 0.489.